The van der Waals surface area contributed by atoms with Gasteiger partial charge in [-0.3, -0.25) is 0 Å². The lowest BCUT2D eigenvalue weighted by atomic mass is 10.4. The van der Waals surface area contributed by atoms with E-state index in [0.29, 0.717) is 31.2 Å². The van der Waals surface area contributed by atoms with Crippen molar-refractivity contribution in [2.45, 2.75) is 6.61 Å². The Hall–Kier alpha value is -1.46. The molecule has 0 aliphatic rings. The van der Waals surface area contributed by atoms with Crippen molar-refractivity contribution < 1.29 is 9.84 Å². The average Bonchev–Trinajstić information content (AvgIpc) is 2.35. The van der Waals surface area contributed by atoms with E-state index in [1.807, 2.05) is 4.90 Å². The van der Waals surface area contributed by atoms with Crippen LogP contribution in [0.25, 0.3) is 0 Å². The van der Waals surface area contributed by atoms with E-state index in [0.717, 1.165) is 0 Å². The maximum Gasteiger partial charge on any atom is 0.225 e. The zero-order valence-corrected chi connectivity index (χ0v) is 9.46. The second kappa shape index (κ2) is 6.92. The monoisotopic (exact) mass is 223 g/mol. The fraction of sp³-hybridized carbons (Fsp3) is 0.455. The van der Waals surface area contributed by atoms with Crippen molar-refractivity contribution in [1.29, 1.82) is 0 Å². The molecule has 0 radical (unpaired) electrons. The number of hydrogen-bond acceptors (Lipinski definition) is 5. The fourth-order valence-electron chi connectivity index (χ4n) is 1.22. The highest BCUT2D eigenvalue weighted by Gasteiger charge is 2.07. The summed E-state index contributed by atoms with van der Waals surface area (Å²) in [6, 6.07) is 0. The molecule has 0 atom stereocenters. The summed E-state index contributed by atoms with van der Waals surface area (Å²) in [7, 11) is 1.65. The van der Waals surface area contributed by atoms with Crippen molar-refractivity contribution in [3.05, 3.63) is 30.6 Å². The van der Waals surface area contributed by atoms with Crippen molar-refractivity contribution in [3.8, 4) is 0 Å². The van der Waals surface area contributed by atoms with Gasteiger partial charge in [0.05, 0.1) is 13.2 Å². The van der Waals surface area contributed by atoms with E-state index in [4.69, 9.17) is 9.84 Å². The molecule has 0 spiro atoms. The molecule has 5 nitrogen and oxygen atoms in total. The normalized spacial score (nSPS) is 10.1. The second-order valence-corrected chi connectivity index (χ2v) is 3.28. The van der Waals surface area contributed by atoms with Crippen molar-refractivity contribution in [1.82, 2.24) is 9.97 Å². The molecule has 0 aliphatic heterocycles. The van der Waals surface area contributed by atoms with Crippen LogP contribution in [-0.4, -0.2) is 41.9 Å². The van der Waals surface area contributed by atoms with Crippen LogP contribution in [0.5, 0.6) is 0 Å². The first-order valence-corrected chi connectivity index (χ1v) is 5.08. The first-order valence-electron chi connectivity index (χ1n) is 5.08. The van der Waals surface area contributed by atoms with Gasteiger partial charge in [0.2, 0.25) is 5.95 Å². The van der Waals surface area contributed by atoms with Crippen LogP contribution in [0.3, 0.4) is 0 Å². The van der Waals surface area contributed by atoms with Gasteiger partial charge in [-0.2, -0.15) is 0 Å². The average molecular weight is 223 g/mol. The van der Waals surface area contributed by atoms with Gasteiger partial charge in [-0.25, -0.2) is 9.97 Å². The molecule has 1 heterocycles. The summed E-state index contributed by atoms with van der Waals surface area (Å²) in [5, 5.41) is 8.88. The number of aliphatic hydroxyl groups excluding tert-OH is 1. The molecular formula is C11H17N3O2. The van der Waals surface area contributed by atoms with Crippen LogP contribution in [0.2, 0.25) is 0 Å². The zero-order valence-electron chi connectivity index (χ0n) is 9.46. The van der Waals surface area contributed by atoms with E-state index in [-0.39, 0.29) is 6.61 Å². The first kappa shape index (κ1) is 12.6. The number of nitrogens with zero attached hydrogens (tertiary/aromatic N) is 3. The van der Waals surface area contributed by atoms with Gasteiger partial charge in [0.25, 0.3) is 0 Å². The van der Waals surface area contributed by atoms with Crippen molar-refractivity contribution in [2.75, 3.05) is 31.7 Å². The molecule has 5 heteroatoms. The Kier molecular flexibility index (Phi) is 5.45. The summed E-state index contributed by atoms with van der Waals surface area (Å²) in [4.78, 5) is 10.3. The molecule has 0 bridgehead atoms. The van der Waals surface area contributed by atoms with Gasteiger partial charge >= 0.3 is 0 Å². The number of ether oxygens (including phenoxy) is 1. The molecule has 0 aliphatic carbocycles. The fourth-order valence-corrected chi connectivity index (χ4v) is 1.22. The van der Waals surface area contributed by atoms with Crippen molar-refractivity contribution in [2.24, 2.45) is 0 Å². The number of aromatic nitrogens is 2. The largest absolute Gasteiger partial charge is 0.392 e. The predicted molar refractivity (Wildman–Crippen MR) is 62.2 cm³/mol. The minimum atomic E-state index is -0.0419. The van der Waals surface area contributed by atoms with Crippen LogP contribution in [0.15, 0.2) is 25.0 Å². The molecule has 1 rings (SSSR count). The Labute approximate surface area is 95.4 Å². The third-order valence-corrected chi connectivity index (χ3v) is 2.07. The minimum absolute atomic E-state index is 0.0419. The number of methoxy groups -OCH3 is 1. The molecule has 88 valence electrons. The molecule has 0 fully saturated rings. The molecule has 16 heavy (non-hydrogen) atoms. The van der Waals surface area contributed by atoms with E-state index in [1.165, 1.54) is 0 Å². The first-order chi connectivity index (χ1) is 7.81. The summed E-state index contributed by atoms with van der Waals surface area (Å²) < 4.78 is 5.01. The van der Waals surface area contributed by atoms with Crippen molar-refractivity contribution in [3.63, 3.8) is 0 Å². The van der Waals surface area contributed by atoms with Gasteiger partial charge < -0.3 is 14.7 Å². The number of anilines is 1. The van der Waals surface area contributed by atoms with Crippen molar-refractivity contribution >= 4 is 5.95 Å². The molecule has 0 amide bonds. The van der Waals surface area contributed by atoms with Gasteiger partial charge in [-0.05, 0) is 0 Å². The van der Waals surface area contributed by atoms with E-state index in [2.05, 4.69) is 16.5 Å². The summed E-state index contributed by atoms with van der Waals surface area (Å²) in [6.07, 6.45) is 5.02. The molecular weight excluding hydrogens is 206 g/mol. The standard InChI is InChI=1S/C11H17N3O2/c1-3-4-14(5-6-16-2)11-12-7-10(9-15)8-13-11/h3,7-8,15H,1,4-6,9H2,2H3. The van der Waals surface area contributed by atoms with Gasteiger partial charge in [-0.1, -0.05) is 6.08 Å². The van der Waals surface area contributed by atoms with Crippen LogP contribution in [0.1, 0.15) is 5.56 Å². The van der Waals surface area contributed by atoms with Crippen LogP contribution in [0.4, 0.5) is 5.95 Å². The number of rotatable bonds is 7. The van der Waals surface area contributed by atoms with Crippen LogP contribution in [0, 0.1) is 0 Å². The summed E-state index contributed by atoms with van der Waals surface area (Å²) in [5.41, 5.74) is 0.703. The van der Waals surface area contributed by atoms with E-state index in [9.17, 15) is 0 Å². The molecule has 1 aromatic rings. The number of hydrogen-bond donors (Lipinski definition) is 1. The number of aliphatic hydroxyl groups is 1. The Morgan fingerprint density at radius 1 is 1.50 bits per heavy atom. The Morgan fingerprint density at radius 3 is 2.69 bits per heavy atom. The lowest BCUT2D eigenvalue weighted by Crippen LogP contribution is -2.29. The highest BCUT2D eigenvalue weighted by atomic mass is 16.5. The zero-order chi connectivity index (χ0) is 11.8. The predicted octanol–water partition coefficient (Wildman–Crippen LogP) is 0.608. The maximum atomic E-state index is 8.88. The van der Waals surface area contributed by atoms with Gasteiger partial charge in [-0.15, -0.1) is 6.58 Å². The Balaban J connectivity index is 2.70. The van der Waals surface area contributed by atoms with Crippen LogP contribution < -0.4 is 4.90 Å². The van der Waals surface area contributed by atoms with E-state index < -0.39 is 0 Å². The van der Waals surface area contributed by atoms with E-state index >= 15 is 0 Å². The Morgan fingerprint density at radius 2 is 2.19 bits per heavy atom. The molecule has 0 unspecified atom stereocenters. The lowest BCUT2D eigenvalue weighted by Gasteiger charge is -2.20. The highest BCUT2D eigenvalue weighted by Crippen LogP contribution is 2.06. The third kappa shape index (κ3) is 3.60. The lowest BCUT2D eigenvalue weighted by molar-refractivity contribution is 0.205. The maximum absolute atomic E-state index is 8.88. The molecule has 1 N–H and O–H groups in total. The van der Waals surface area contributed by atoms with Crippen LogP contribution in [-0.2, 0) is 11.3 Å². The van der Waals surface area contributed by atoms with Gasteiger partial charge in [0.1, 0.15) is 0 Å². The molecule has 1 aromatic heterocycles. The van der Waals surface area contributed by atoms with E-state index in [1.54, 1.807) is 25.6 Å². The molecule has 0 saturated carbocycles. The topological polar surface area (TPSA) is 58.5 Å². The summed E-state index contributed by atoms with van der Waals surface area (Å²) in [5.74, 6) is 0.620. The van der Waals surface area contributed by atoms with Gasteiger partial charge in [0, 0.05) is 38.2 Å². The van der Waals surface area contributed by atoms with Gasteiger partial charge in [0.15, 0.2) is 0 Å². The highest BCUT2D eigenvalue weighted by molar-refractivity contribution is 5.30. The summed E-state index contributed by atoms with van der Waals surface area (Å²) >= 11 is 0. The smallest absolute Gasteiger partial charge is 0.225 e. The molecule has 0 saturated heterocycles. The third-order valence-electron chi connectivity index (χ3n) is 2.07. The van der Waals surface area contributed by atoms with Crippen LogP contribution >= 0.6 is 0 Å². The minimum Gasteiger partial charge on any atom is -0.392 e. The SMILES string of the molecule is C=CCN(CCOC)c1ncc(CO)cn1. The quantitative estimate of drug-likeness (QED) is 0.686. The molecule has 0 aromatic carbocycles. The second-order valence-electron chi connectivity index (χ2n) is 3.28. The summed E-state index contributed by atoms with van der Waals surface area (Å²) in [6.45, 7) is 5.64. The Bertz CT molecular complexity index is 314.